The first-order valence-corrected chi connectivity index (χ1v) is 12.7. The number of amides is 2. The van der Waals surface area contributed by atoms with E-state index in [0.717, 1.165) is 11.1 Å². The number of hydrogen-bond acceptors (Lipinski definition) is 6. The van der Waals surface area contributed by atoms with E-state index in [9.17, 15) is 14.4 Å². The molecule has 2 aromatic carbocycles. The first-order valence-electron chi connectivity index (χ1n) is 11.1. The number of nitrogens with one attached hydrogen (secondary N) is 1. The first kappa shape index (κ1) is 23.9. The smallest absolute Gasteiger partial charge is 0.271 e. The number of nitrogens with zero attached hydrogens (tertiary/aromatic N) is 2. The number of aromatic nitrogens is 1. The molecule has 35 heavy (non-hydrogen) atoms. The number of halogens is 2. The molecule has 0 bridgehead atoms. The number of Topliss-reactive ketones (excluding diaryl/α,β-unsaturated/α-hetero) is 1. The molecule has 1 N–H and O–H groups in total. The van der Waals surface area contributed by atoms with Gasteiger partial charge in [0.15, 0.2) is 5.78 Å². The van der Waals surface area contributed by atoms with Crippen LogP contribution in [0.25, 0.3) is 10.6 Å². The lowest BCUT2D eigenvalue weighted by atomic mass is 10.0. The Morgan fingerprint density at radius 1 is 1.17 bits per heavy atom. The molecular formula is C25H21Cl2N3O4S. The van der Waals surface area contributed by atoms with E-state index in [0.29, 0.717) is 28.0 Å². The van der Waals surface area contributed by atoms with Gasteiger partial charge in [-0.1, -0.05) is 59.6 Å². The summed E-state index contributed by atoms with van der Waals surface area (Å²) in [6.07, 6.45) is 0.474. The molecule has 2 fully saturated rings. The van der Waals surface area contributed by atoms with Gasteiger partial charge in [-0.15, -0.1) is 11.3 Å². The second-order valence-corrected chi connectivity index (χ2v) is 10.1. The first-order chi connectivity index (χ1) is 16.9. The summed E-state index contributed by atoms with van der Waals surface area (Å²) in [5, 5.41) is 5.96. The molecule has 1 aromatic heterocycles. The number of rotatable bonds is 6. The minimum absolute atomic E-state index is 0.00399. The number of carbonyl (C=O) groups excluding carboxylic acids is 3. The molecule has 0 radical (unpaired) electrons. The van der Waals surface area contributed by atoms with Crippen LogP contribution in [-0.4, -0.2) is 58.8 Å². The van der Waals surface area contributed by atoms with Crippen molar-refractivity contribution in [2.75, 3.05) is 13.2 Å². The maximum absolute atomic E-state index is 13.6. The number of likely N-dealkylation sites (tertiary alicyclic amines) is 1. The molecule has 3 heterocycles. The zero-order chi connectivity index (χ0) is 24.5. The third-order valence-corrected chi connectivity index (χ3v) is 7.81. The monoisotopic (exact) mass is 529 g/mol. The Morgan fingerprint density at radius 2 is 1.97 bits per heavy atom. The number of benzene rings is 2. The number of fused-ring (bicyclic) bond motifs is 1. The maximum atomic E-state index is 13.6. The Kier molecular flexibility index (Phi) is 6.88. The predicted octanol–water partition coefficient (Wildman–Crippen LogP) is 4.03. The molecule has 0 spiro atoms. The molecule has 3 aromatic rings. The van der Waals surface area contributed by atoms with Crippen molar-refractivity contribution in [3.05, 3.63) is 75.2 Å². The fourth-order valence-corrected chi connectivity index (χ4v) is 5.59. The second-order valence-electron chi connectivity index (χ2n) is 8.46. The Balaban J connectivity index is 1.39. The van der Waals surface area contributed by atoms with Crippen LogP contribution in [0.1, 0.15) is 22.5 Å². The van der Waals surface area contributed by atoms with E-state index in [-0.39, 0.29) is 36.5 Å². The zero-order valence-corrected chi connectivity index (χ0v) is 20.8. The van der Waals surface area contributed by atoms with Gasteiger partial charge in [0.1, 0.15) is 29.4 Å². The van der Waals surface area contributed by atoms with Crippen LogP contribution >= 0.6 is 34.5 Å². The lowest BCUT2D eigenvalue weighted by molar-refractivity contribution is -0.138. The van der Waals surface area contributed by atoms with Crippen LogP contribution in [0.4, 0.5) is 0 Å². The summed E-state index contributed by atoms with van der Waals surface area (Å²) in [5.41, 5.74) is 1.86. The van der Waals surface area contributed by atoms with Crippen LogP contribution in [0.3, 0.4) is 0 Å². The van der Waals surface area contributed by atoms with Gasteiger partial charge in [-0.25, -0.2) is 4.98 Å². The zero-order valence-electron chi connectivity index (χ0n) is 18.4. The molecule has 2 saturated heterocycles. The van der Waals surface area contributed by atoms with Crippen molar-refractivity contribution >= 4 is 52.1 Å². The molecule has 180 valence electrons. The largest absolute Gasteiger partial charge is 0.368 e. The Bertz CT molecular complexity index is 1280. The molecule has 0 saturated carbocycles. The highest BCUT2D eigenvalue weighted by atomic mass is 35.5. The number of ether oxygens (including phenoxy) is 1. The number of carbonyl (C=O) groups is 3. The van der Waals surface area contributed by atoms with Crippen molar-refractivity contribution in [2.45, 2.75) is 31.0 Å². The van der Waals surface area contributed by atoms with E-state index in [1.165, 1.54) is 16.2 Å². The van der Waals surface area contributed by atoms with Gasteiger partial charge in [-0.05, 0) is 24.1 Å². The molecule has 2 aliphatic heterocycles. The van der Waals surface area contributed by atoms with Gasteiger partial charge >= 0.3 is 0 Å². The van der Waals surface area contributed by atoms with Gasteiger partial charge in [-0.2, -0.15) is 0 Å². The van der Waals surface area contributed by atoms with E-state index in [2.05, 4.69) is 10.3 Å². The quantitative estimate of drug-likeness (QED) is 0.520. The van der Waals surface area contributed by atoms with Crippen LogP contribution in [-0.2, 0) is 20.7 Å². The number of hydrogen-bond donors (Lipinski definition) is 1. The summed E-state index contributed by atoms with van der Waals surface area (Å²) in [6.45, 7) is 0.395. The molecule has 0 aliphatic carbocycles. The van der Waals surface area contributed by atoms with Crippen molar-refractivity contribution in [1.29, 1.82) is 0 Å². The summed E-state index contributed by atoms with van der Waals surface area (Å²) in [6, 6.07) is 13.1. The summed E-state index contributed by atoms with van der Waals surface area (Å²) >= 11 is 13.6. The molecule has 10 heteroatoms. The fourth-order valence-electron chi connectivity index (χ4n) is 4.47. The van der Waals surface area contributed by atoms with Gasteiger partial charge < -0.3 is 15.0 Å². The van der Waals surface area contributed by atoms with Crippen LogP contribution in [0.15, 0.2) is 53.9 Å². The van der Waals surface area contributed by atoms with Gasteiger partial charge in [0.05, 0.1) is 16.1 Å². The second kappa shape index (κ2) is 10.1. The van der Waals surface area contributed by atoms with Crippen LogP contribution in [0.2, 0.25) is 10.0 Å². The van der Waals surface area contributed by atoms with Crippen molar-refractivity contribution in [3.63, 3.8) is 0 Å². The van der Waals surface area contributed by atoms with Gasteiger partial charge in [0.25, 0.3) is 5.91 Å². The standard InChI is InChI=1S/C25H21Cl2N3O4S/c26-16-7-6-14(10-17(16)27)11-18(25(33)30-9-8-21-22(30)20(31)12-34-21)28-23(32)19-13-35-24(29-19)15-4-2-1-3-5-15/h1-7,10,13,18,21-22H,8-9,11-12H2,(H,28,32). The molecule has 2 amide bonds. The third kappa shape index (κ3) is 4.97. The SMILES string of the molecule is O=C(NC(Cc1ccc(Cl)c(Cl)c1)C(=O)N1CCC2OCC(=O)C21)c1csc(-c2ccccc2)n1. The fraction of sp³-hybridized carbons (Fsp3) is 0.280. The predicted molar refractivity (Wildman–Crippen MR) is 134 cm³/mol. The van der Waals surface area contributed by atoms with Gasteiger partial charge in [0.2, 0.25) is 5.91 Å². The maximum Gasteiger partial charge on any atom is 0.271 e. The highest BCUT2D eigenvalue weighted by Crippen LogP contribution is 2.29. The Hall–Kier alpha value is -2.78. The average Bonchev–Trinajstić information content (AvgIpc) is 3.59. The minimum atomic E-state index is -0.922. The molecule has 3 atom stereocenters. The average molecular weight is 530 g/mol. The van der Waals surface area contributed by atoms with Crippen LogP contribution in [0, 0.1) is 0 Å². The van der Waals surface area contributed by atoms with E-state index in [1.807, 2.05) is 30.3 Å². The molecular weight excluding hydrogens is 509 g/mol. The molecule has 2 aliphatic rings. The molecule has 7 nitrogen and oxygen atoms in total. The van der Waals surface area contributed by atoms with Crippen molar-refractivity contribution in [3.8, 4) is 10.6 Å². The Labute approximate surface area is 216 Å². The van der Waals surface area contributed by atoms with E-state index < -0.39 is 18.0 Å². The number of thiazole rings is 1. The topological polar surface area (TPSA) is 88.6 Å². The lowest BCUT2D eigenvalue weighted by Crippen LogP contribution is -2.53. The van der Waals surface area contributed by atoms with Crippen LogP contribution in [0.5, 0.6) is 0 Å². The van der Waals surface area contributed by atoms with Gasteiger partial charge in [0, 0.05) is 23.9 Å². The highest BCUT2D eigenvalue weighted by Gasteiger charge is 2.48. The van der Waals surface area contributed by atoms with Crippen LogP contribution < -0.4 is 5.32 Å². The van der Waals surface area contributed by atoms with E-state index in [1.54, 1.807) is 23.6 Å². The summed E-state index contributed by atoms with van der Waals surface area (Å²) in [5.74, 6) is -0.923. The van der Waals surface area contributed by atoms with Crippen molar-refractivity contribution < 1.29 is 19.1 Å². The van der Waals surface area contributed by atoms with Crippen molar-refractivity contribution in [1.82, 2.24) is 15.2 Å². The highest BCUT2D eigenvalue weighted by molar-refractivity contribution is 7.13. The van der Waals surface area contributed by atoms with Gasteiger partial charge in [-0.3, -0.25) is 14.4 Å². The molecule has 5 rings (SSSR count). The third-order valence-electron chi connectivity index (χ3n) is 6.18. The Morgan fingerprint density at radius 3 is 2.74 bits per heavy atom. The summed E-state index contributed by atoms with van der Waals surface area (Å²) in [7, 11) is 0. The lowest BCUT2D eigenvalue weighted by Gasteiger charge is -2.27. The van der Waals surface area contributed by atoms with Crippen molar-refractivity contribution in [2.24, 2.45) is 0 Å². The molecule has 3 unspecified atom stereocenters. The summed E-state index contributed by atoms with van der Waals surface area (Å²) in [4.78, 5) is 45.1. The van der Waals surface area contributed by atoms with E-state index >= 15 is 0 Å². The normalized spacial score (nSPS) is 20.1. The van der Waals surface area contributed by atoms with E-state index in [4.69, 9.17) is 27.9 Å². The summed E-state index contributed by atoms with van der Waals surface area (Å²) < 4.78 is 5.52. The minimum Gasteiger partial charge on any atom is -0.368 e. The number of ketones is 1.